The van der Waals surface area contributed by atoms with Crippen LogP contribution in [0.25, 0.3) is 0 Å². The van der Waals surface area contributed by atoms with Crippen molar-refractivity contribution >= 4 is 0 Å². The van der Waals surface area contributed by atoms with Gasteiger partial charge in [-0.3, -0.25) is 0 Å². The summed E-state index contributed by atoms with van der Waals surface area (Å²) in [7, 11) is 0. The molecule has 17 heavy (non-hydrogen) atoms. The van der Waals surface area contributed by atoms with Crippen molar-refractivity contribution in [2.45, 2.75) is 57.6 Å². The van der Waals surface area contributed by atoms with Crippen LogP contribution in [-0.4, -0.2) is 29.0 Å². The molecule has 2 atom stereocenters. The highest BCUT2D eigenvalue weighted by molar-refractivity contribution is 5.06. The summed E-state index contributed by atoms with van der Waals surface area (Å²) in [4.78, 5) is 0. The van der Waals surface area contributed by atoms with E-state index < -0.39 is 12.1 Å². The summed E-state index contributed by atoms with van der Waals surface area (Å²) in [5.41, 5.74) is 5.45. The molecule has 0 fully saturated rings. The number of allylic oxidation sites excluding steroid dienone is 3. The predicted molar refractivity (Wildman–Crippen MR) is 72.7 cm³/mol. The number of aliphatic hydroxyl groups is 2. The van der Waals surface area contributed by atoms with Gasteiger partial charge < -0.3 is 15.9 Å². The van der Waals surface area contributed by atoms with E-state index in [0.29, 0.717) is 0 Å². The Morgan fingerprint density at radius 2 is 1.82 bits per heavy atom. The van der Waals surface area contributed by atoms with Crippen LogP contribution in [0.4, 0.5) is 0 Å². The van der Waals surface area contributed by atoms with Gasteiger partial charge in [0.25, 0.3) is 0 Å². The minimum atomic E-state index is -0.769. The second-order valence-electron chi connectivity index (χ2n) is 4.35. The zero-order valence-electron chi connectivity index (χ0n) is 10.9. The van der Waals surface area contributed by atoms with Crippen LogP contribution in [0.3, 0.4) is 0 Å². The Kier molecular flexibility index (Phi) is 11.4. The van der Waals surface area contributed by atoms with E-state index in [-0.39, 0.29) is 6.61 Å². The molecule has 100 valence electrons. The number of nitrogens with two attached hydrogens (primary N) is 1. The molecular formula is C14H27NO2. The van der Waals surface area contributed by atoms with Crippen LogP contribution < -0.4 is 5.73 Å². The number of hydrogen-bond acceptors (Lipinski definition) is 3. The Morgan fingerprint density at radius 1 is 1.12 bits per heavy atom. The van der Waals surface area contributed by atoms with Crippen LogP contribution in [-0.2, 0) is 0 Å². The van der Waals surface area contributed by atoms with Crippen LogP contribution in [0, 0.1) is 0 Å². The summed E-state index contributed by atoms with van der Waals surface area (Å²) >= 11 is 0. The maximum atomic E-state index is 9.41. The van der Waals surface area contributed by atoms with Gasteiger partial charge in [0.2, 0.25) is 0 Å². The SMILES string of the molecule is CCCCCCC/C=C/C=C/[C@@H](O)[C@@H](N)CO. The van der Waals surface area contributed by atoms with Gasteiger partial charge in [0.1, 0.15) is 0 Å². The highest BCUT2D eigenvalue weighted by Crippen LogP contribution is 2.05. The molecular weight excluding hydrogens is 214 g/mol. The lowest BCUT2D eigenvalue weighted by Crippen LogP contribution is -2.36. The van der Waals surface area contributed by atoms with Gasteiger partial charge in [0.05, 0.1) is 18.8 Å². The molecule has 3 nitrogen and oxygen atoms in total. The fraction of sp³-hybridized carbons (Fsp3) is 0.714. The third kappa shape index (κ3) is 10.2. The van der Waals surface area contributed by atoms with E-state index in [1.165, 1.54) is 32.1 Å². The summed E-state index contributed by atoms with van der Waals surface area (Å²) in [6.07, 6.45) is 14.2. The van der Waals surface area contributed by atoms with Crippen molar-refractivity contribution < 1.29 is 10.2 Å². The Morgan fingerprint density at radius 3 is 2.47 bits per heavy atom. The number of hydrogen-bond donors (Lipinski definition) is 3. The van der Waals surface area contributed by atoms with Crippen molar-refractivity contribution in [3.05, 3.63) is 24.3 Å². The topological polar surface area (TPSA) is 66.5 Å². The van der Waals surface area contributed by atoms with E-state index in [4.69, 9.17) is 10.8 Å². The first kappa shape index (κ1) is 16.4. The molecule has 0 aliphatic carbocycles. The number of rotatable bonds is 10. The standard InChI is InChI=1S/C14H27NO2/c1-2-3-4-5-6-7-8-9-10-11-14(17)13(15)12-16/h8-11,13-14,16-17H,2-7,12,15H2,1H3/b9-8+,11-10+/t13-,14+/m0/s1. The second-order valence-corrected chi connectivity index (χ2v) is 4.35. The average Bonchev–Trinajstić information content (AvgIpc) is 2.35. The molecule has 0 aromatic carbocycles. The van der Waals surface area contributed by atoms with Gasteiger partial charge in [0, 0.05) is 0 Å². The summed E-state index contributed by atoms with van der Waals surface area (Å²) in [5, 5.41) is 18.1. The van der Waals surface area contributed by atoms with Gasteiger partial charge in [-0.2, -0.15) is 0 Å². The van der Waals surface area contributed by atoms with E-state index in [0.717, 1.165) is 6.42 Å². The molecule has 0 aliphatic rings. The first-order valence-corrected chi connectivity index (χ1v) is 6.60. The van der Waals surface area contributed by atoms with Crippen molar-refractivity contribution in [3.63, 3.8) is 0 Å². The fourth-order valence-electron chi connectivity index (χ4n) is 1.47. The Bertz CT molecular complexity index is 214. The van der Waals surface area contributed by atoms with Crippen LogP contribution in [0.15, 0.2) is 24.3 Å². The van der Waals surface area contributed by atoms with E-state index in [1.54, 1.807) is 12.2 Å². The van der Waals surface area contributed by atoms with Gasteiger partial charge in [-0.05, 0) is 12.8 Å². The molecule has 0 amide bonds. The third-order valence-corrected chi connectivity index (χ3v) is 2.68. The second kappa shape index (κ2) is 11.8. The normalized spacial score (nSPS) is 15.8. The largest absolute Gasteiger partial charge is 0.395 e. The van der Waals surface area contributed by atoms with Crippen molar-refractivity contribution in [2.75, 3.05) is 6.61 Å². The van der Waals surface area contributed by atoms with Crippen molar-refractivity contribution in [1.82, 2.24) is 0 Å². The first-order valence-electron chi connectivity index (χ1n) is 6.60. The predicted octanol–water partition coefficient (Wildman–Crippen LogP) is 2.14. The maximum Gasteiger partial charge on any atom is 0.0897 e. The minimum Gasteiger partial charge on any atom is -0.395 e. The monoisotopic (exact) mass is 241 g/mol. The minimum absolute atomic E-state index is 0.202. The Hall–Kier alpha value is -0.640. The molecule has 4 N–H and O–H groups in total. The van der Waals surface area contributed by atoms with Crippen molar-refractivity contribution in [2.24, 2.45) is 5.73 Å². The quantitative estimate of drug-likeness (QED) is 0.405. The lowest BCUT2D eigenvalue weighted by atomic mass is 10.1. The fourth-order valence-corrected chi connectivity index (χ4v) is 1.47. The van der Waals surface area contributed by atoms with Gasteiger partial charge in [-0.25, -0.2) is 0 Å². The molecule has 0 bridgehead atoms. The van der Waals surface area contributed by atoms with Crippen LogP contribution in [0.1, 0.15) is 45.4 Å². The van der Waals surface area contributed by atoms with Gasteiger partial charge in [-0.1, -0.05) is 56.9 Å². The molecule has 3 heteroatoms. The van der Waals surface area contributed by atoms with Crippen LogP contribution in [0.5, 0.6) is 0 Å². The number of unbranched alkanes of at least 4 members (excludes halogenated alkanes) is 5. The van der Waals surface area contributed by atoms with E-state index in [2.05, 4.69) is 13.0 Å². The van der Waals surface area contributed by atoms with Gasteiger partial charge >= 0.3 is 0 Å². The first-order chi connectivity index (χ1) is 8.22. The molecule has 0 saturated carbocycles. The molecule has 0 aromatic heterocycles. The Labute approximate surface area is 105 Å². The smallest absolute Gasteiger partial charge is 0.0897 e. The van der Waals surface area contributed by atoms with Crippen molar-refractivity contribution in [1.29, 1.82) is 0 Å². The molecule has 0 heterocycles. The van der Waals surface area contributed by atoms with E-state index in [1.807, 2.05) is 6.08 Å². The van der Waals surface area contributed by atoms with Gasteiger partial charge in [-0.15, -0.1) is 0 Å². The molecule has 0 unspecified atom stereocenters. The lowest BCUT2D eigenvalue weighted by molar-refractivity contribution is 0.144. The highest BCUT2D eigenvalue weighted by Gasteiger charge is 2.08. The number of aliphatic hydroxyl groups excluding tert-OH is 2. The molecule has 0 aromatic rings. The maximum absolute atomic E-state index is 9.41. The molecule has 0 rings (SSSR count). The zero-order valence-corrected chi connectivity index (χ0v) is 10.9. The van der Waals surface area contributed by atoms with E-state index in [9.17, 15) is 5.11 Å². The zero-order chi connectivity index (χ0) is 12.9. The highest BCUT2D eigenvalue weighted by atomic mass is 16.3. The molecule has 0 saturated heterocycles. The lowest BCUT2D eigenvalue weighted by Gasteiger charge is -2.11. The molecule has 0 radical (unpaired) electrons. The Balaban J connectivity index is 3.49. The molecule has 0 spiro atoms. The van der Waals surface area contributed by atoms with Crippen LogP contribution in [0.2, 0.25) is 0 Å². The summed E-state index contributed by atoms with van der Waals surface area (Å²) in [6, 6.07) is -0.589. The van der Waals surface area contributed by atoms with Crippen LogP contribution >= 0.6 is 0 Å². The van der Waals surface area contributed by atoms with Crippen molar-refractivity contribution in [3.8, 4) is 0 Å². The average molecular weight is 241 g/mol. The molecule has 0 aliphatic heterocycles. The summed E-state index contributed by atoms with van der Waals surface area (Å²) < 4.78 is 0. The third-order valence-electron chi connectivity index (χ3n) is 2.68. The summed E-state index contributed by atoms with van der Waals surface area (Å²) in [6.45, 7) is 2.01. The summed E-state index contributed by atoms with van der Waals surface area (Å²) in [5.74, 6) is 0. The van der Waals surface area contributed by atoms with E-state index >= 15 is 0 Å². The van der Waals surface area contributed by atoms with Gasteiger partial charge in [0.15, 0.2) is 0 Å².